The number of thiol groups is 1. The van der Waals surface area contributed by atoms with Gasteiger partial charge in [0.05, 0.1) is 6.61 Å². The molecule has 0 N–H and O–H groups in total. The second-order valence-electron chi connectivity index (χ2n) is 2.15. The smallest absolute Gasteiger partial charge is 0.109 e. The highest BCUT2D eigenvalue weighted by Crippen LogP contribution is 2.04. The van der Waals surface area contributed by atoms with Crippen LogP contribution in [-0.4, -0.2) is 37.9 Å². The minimum atomic E-state index is -0.0813. The summed E-state index contributed by atoms with van der Waals surface area (Å²) < 4.78 is 7.08. The Morgan fingerprint density at radius 3 is 3.11 bits per heavy atom. The third-order valence-corrected chi connectivity index (χ3v) is 1.75. The Labute approximate surface area is 62.5 Å². The zero-order valence-corrected chi connectivity index (χ0v) is 6.18. The maximum atomic E-state index is 5.51. The highest BCUT2D eigenvalue weighted by Gasteiger charge is 2.09. The predicted molar refractivity (Wildman–Crippen MR) is 40.7 cm³/mol. The van der Waals surface area contributed by atoms with Gasteiger partial charge in [-0.05, 0) is 6.42 Å². The van der Waals surface area contributed by atoms with Gasteiger partial charge < -0.3 is 4.74 Å². The molecule has 0 spiro atoms. The maximum absolute atomic E-state index is 5.51. The third-order valence-electron chi connectivity index (χ3n) is 1.35. The molecule has 2 nitrogen and oxygen atoms in total. The Morgan fingerprint density at radius 1 is 1.56 bits per heavy atom. The van der Waals surface area contributed by atoms with Gasteiger partial charge in [0.2, 0.25) is 0 Å². The first-order valence-corrected chi connectivity index (χ1v) is 3.50. The topological polar surface area (TPSA) is 12.5 Å². The lowest BCUT2D eigenvalue weighted by Crippen LogP contribution is -2.14. The quantitative estimate of drug-likeness (QED) is 0.380. The summed E-state index contributed by atoms with van der Waals surface area (Å²) in [6.45, 7) is 2.49. The Hall–Kier alpha value is 0.335. The molecule has 50 valence electrons. The number of hydrogen-bond donors (Lipinski definition) is 1. The first kappa shape index (κ1) is 7.44. The van der Waals surface area contributed by atoms with Crippen LogP contribution in [0.1, 0.15) is 6.42 Å². The van der Waals surface area contributed by atoms with Gasteiger partial charge in [-0.15, -0.1) is 0 Å². The van der Waals surface area contributed by atoms with E-state index in [-0.39, 0.29) is 6.00 Å². The molecule has 1 aliphatic rings. The normalized spacial score (nSPS) is 31.9. The van der Waals surface area contributed by atoms with Crippen LogP contribution in [0.5, 0.6) is 0 Å². The molecular weight excluding hydrogens is 133 g/mol. The van der Waals surface area contributed by atoms with Crippen molar-refractivity contribution in [2.24, 2.45) is 0 Å². The van der Waals surface area contributed by atoms with E-state index in [1.165, 1.54) is 0 Å². The van der Waals surface area contributed by atoms with E-state index in [9.17, 15) is 0 Å². The third kappa shape index (κ3) is 2.60. The molecule has 0 aromatic carbocycles. The van der Waals surface area contributed by atoms with Crippen molar-refractivity contribution in [1.29, 1.82) is 0 Å². The van der Waals surface area contributed by atoms with Crippen molar-refractivity contribution in [3.63, 3.8) is 0 Å². The van der Waals surface area contributed by atoms with E-state index in [1.54, 1.807) is 0 Å². The van der Waals surface area contributed by atoms with E-state index in [4.69, 9.17) is 12.6 Å². The zero-order chi connectivity index (χ0) is 6.69. The van der Waals surface area contributed by atoms with Gasteiger partial charge in [0, 0.05) is 19.1 Å². The van der Waals surface area contributed by atoms with Gasteiger partial charge in [-0.3, -0.25) is 4.31 Å². The predicted octanol–water partition coefficient (Wildman–Crippen LogP) is 0.0481. The first-order chi connectivity index (χ1) is 4.29. The summed E-state index contributed by atoms with van der Waals surface area (Å²) in [5.74, 6) is 0. The fraction of sp³-hybridized carbons (Fsp3) is 1.00. The van der Waals surface area contributed by atoms with Crippen molar-refractivity contribution >= 4 is 20.7 Å². The van der Waals surface area contributed by atoms with E-state index in [0.717, 1.165) is 19.5 Å². The molecule has 0 aromatic heterocycles. The molecule has 1 saturated heterocycles. The van der Waals surface area contributed by atoms with Gasteiger partial charge in [0.25, 0.3) is 0 Å². The fourth-order valence-corrected chi connectivity index (χ4v) is 0.978. The van der Waals surface area contributed by atoms with Crippen molar-refractivity contribution in [3.8, 4) is 0 Å². The van der Waals surface area contributed by atoms with Crippen LogP contribution in [0.2, 0.25) is 0 Å². The Kier molecular flexibility index (Phi) is 2.89. The standard InChI is InChI=1S/C5H10BNOS/c6-5-1-2-7(9)3-4-8-5/h5,9H,1-4H2. The molecule has 0 aromatic rings. The zero-order valence-electron chi connectivity index (χ0n) is 5.29. The second kappa shape index (κ2) is 3.49. The molecule has 4 heteroatoms. The molecular formula is C5H10BNOS. The average Bonchev–Trinajstić information content (AvgIpc) is 1.97. The minimum absolute atomic E-state index is 0.0813. The SMILES string of the molecule is [B]C1CCN(S)CCO1. The van der Waals surface area contributed by atoms with Crippen molar-refractivity contribution in [3.05, 3.63) is 0 Å². The molecule has 0 saturated carbocycles. The van der Waals surface area contributed by atoms with Crippen molar-refractivity contribution in [1.82, 2.24) is 4.31 Å². The highest BCUT2D eigenvalue weighted by molar-refractivity contribution is 7.77. The van der Waals surface area contributed by atoms with E-state index >= 15 is 0 Å². The summed E-state index contributed by atoms with van der Waals surface area (Å²) in [5.41, 5.74) is 0. The summed E-state index contributed by atoms with van der Waals surface area (Å²) in [6.07, 6.45) is 0.878. The van der Waals surface area contributed by atoms with Gasteiger partial charge in [-0.25, -0.2) is 0 Å². The fourth-order valence-electron chi connectivity index (χ4n) is 0.781. The summed E-state index contributed by atoms with van der Waals surface area (Å²) in [7, 11) is 5.51. The monoisotopic (exact) mass is 143 g/mol. The van der Waals surface area contributed by atoms with Gasteiger partial charge >= 0.3 is 0 Å². The number of nitrogens with zero attached hydrogens (tertiary/aromatic N) is 1. The molecule has 1 heterocycles. The number of hydrogen-bond acceptors (Lipinski definition) is 3. The summed E-state index contributed by atoms with van der Waals surface area (Å²) in [6, 6.07) is -0.0813. The Balaban J connectivity index is 2.25. The number of rotatable bonds is 0. The molecule has 1 rings (SSSR count). The molecule has 0 bridgehead atoms. The van der Waals surface area contributed by atoms with Crippen LogP contribution in [0.3, 0.4) is 0 Å². The van der Waals surface area contributed by atoms with Crippen molar-refractivity contribution in [2.45, 2.75) is 12.4 Å². The van der Waals surface area contributed by atoms with Crippen LogP contribution in [-0.2, 0) is 4.74 Å². The Bertz CT molecular complexity index is 83.0. The van der Waals surface area contributed by atoms with Crippen LogP contribution < -0.4 is 0 Å². The lowest BCUT2D eigenvalue weighted by molar-refractivity contribution is 0.119. The number of ether oxygens (including phenoxy) is 1. The molecule has 0 aliphatic carbocycles. The molecule has 9 heavy (non-hydrogen) atoms. The molecule has 1 unspecified atom stereocenters. The van der Waals surface area contributed by atoms with Gasteiger partial charge in [0.15, 0.2) is 0 Å². The minimum Gasteiger partial charge on any atom is -0.387 e. The van der Waals surface area contributed by atoms with Gasteiger partial charge in [-0.2, -0.15) is 0 Å². The molecule has 1 fully saturated rings. The highest BCUT2D eigenvalue weighted by atomic mass is 32.1. The molecule has 1 aliphatic heterocycles. The lowest BCUT2D eigenvalue weighted by atomic mass is 9.97. The molecule has 1 atom stereocenters. The van der Waals surface area contributed by atoms with Gasteiger partial charge in [0.1, 0.15) is 7.85 Å². The van der Waals surface area contributed by atoms with Crippen molar-refractivity contribution < 1.29 is 4.74 Å². The van der Waals surface area contributed by atoms with Crippen LogP contribution >= 0.6 is 12.8 Å². The summed E-state index contributed by atoms with van der Waals surface area (Å²) in [5, 5.41) is 0. The average molecular weight is 143 g/mol. The van der Waals surface area contributed by atoms with Crippen LogP contribution in [0.15, 0.2) is 0 Å². The summed E-state index contributed by atoms with van der Waals surface area (Å²) in [4.78, 5) is 0. The lowest BCUT2D eigenvalue weighted by Gasteiger charge is -2.08. The molecule has 2 radical (unpaired) electrons. The largest absolute Gasteiger partial charge is 0.387 e. The summed E-state index contributed by atoms with van der Waals surface area (Å²) >= 11 is 4.17. The van der Waals surface area contributed by atoms with E-state index < -0.39 is 0 Å². The van der Waals surface area contributed by atoms with Crippen molar-refractivity contribution in [2.75, 3.05) is 19.7 Å². The van der Waals surface area contributed by atoms with Crippen LogP contribution in [0, 0.1) is 0 Å². The van der Waals surface area contributed by atoms with E-state index in [2.05, 4.69) is 12.8 Å². The maximum Gasteiger partial charge on any atom is 0.109 e. The van der Waals surface area contributed by atoms with E-state index in [1.807, 2.05) is 4.31 Å². The van der Waals surface area contributed by atoms with E-state index in [0.29, 0.717) is 6.61 Å². The second-order valence-corrected chi connectivity index (χ2v) is 2.72. The van der Waals surface area contributed by atoms with Crippen LogP contribution in [0.25, 0.3) is 0 Å². The van der Waals surface area contributed by atoms with Gasteiger partial charge in [-0.1, -0.05) is 12.8 Å². The Morgan fingerprint density at radius 2 is 2.33 bits per heavy atom. The van der Waals surface area contributed by atoms with Crippen LogP contribution in [0.4, 0.5) is 0 Å². The first-order valence-electron chi connectivity index (χ1n) is 3.10. The molecule has 0 amide bonds.